The summed E-state index contributed by atoms with van der Waals surface area (Å²) in [5.74, 6) is 1.33. The molecule has 0 N–H and O–H groups in total. The van der Waals surface area contributed by atoms with Crippen LogP contribution in [0.2, 0.25) is 9.26 Å². The molecular formula is C88H74Cl2SiZr-2. The first kappa shape index (κ1) is 59.3. The molecule has 0 spiro atoms. The zero-order valence-corrected chi connectivity index (χ0v) is 58.0. The monoisotopic (exact) mass is 1320 g/mol. The first-order valence-electron chi connectivity index (χ1n) is 33.6. The van der Waals surface area contributed by atoms with Gasteiger partial charge in [0.15, 0.2) is 0 Å². The fraction of sp³-hybridized carbons (Fsp3) is 0.182. The van der Waals surface area contributed by atoms with Crippen LogP contribution in [0.1, 0.15) is 93.7 Å². The molecule has 4 aliphatic rings. The average Bonchev–Trinajstić information content (AvgIpc) is 1.47. The van der Waals surface area contributed by atoms with Gasteiger partial charge in [-0.05, 0) is 0 Å². The Labute approximate surface area is 555 Å². The molecule has 18 rings (SSSR count). The standard InChI is InChI=1S/2C43H33.2CH3.2ClH.H2Si.Zr/c2*1-2-12-28(11-1)23-29-24-40-38(42-34-17-7-3-13-30(34)26-31-14-4-8-18-35(31)42)21-22-39(41(40)25-29)43-36-19-9-5-15-32(36)27-33-16-6-10-20-37(33)43;;;;;;/h2*3-10,13-22,24-28H,1-2,11-12,23H2;2*1H3;2*1H;1H2;/p-2. The predicted octanol–water partition coefficient (Wildman–Crippen LogP) is 18.7. The van der Waals surface area contributed by atoms with Gasteiger partial charge in [-0.15, -0.1) is 0 Å². The molecule has 4 heteroatoms. The normalized spacial score (nSPS) is 16.9. The SMILES string of the molecule is [CH3][Zr]([CH3])(=[SiH2])([CH]1C(CC2CCCC2)=Cc2c(-c3c4ccccc4cc4ccccc34)ccc(-c3c4ccccc4cc4ccccc34)c21)[CH]1C(CC2CCCC2)=Cc2c(-c3c4ccccc4cc4ccccc34)ccc(-c3c4ccccc4cc4ccccc34)c21.[Cl-].[Cl-]. The van der Waals surface area contributed by atoms with Crippen LogP contribution in [-0.2, 0) is 17.4 Å². The van der Waals surface area contributed by atoms with Crippen LogP contribution in [0.15, 0.2) is 254 Å². The van der Waals surface area contributed by atoms with Gasteiger partial charge >= 0.3 is 536 Å². The van der Waals surface area contributed by atoms with Crippen LogP contribution in [0.3, 0.4) is 0 Å². The zero-order valence-electron chi connectivity index (χ0n) is 52.6. The molecule has 4 aliphatic carbocycles. The van der Waals surface area contributed by atoms with E-state index in [4.69, 9.17) is 0 Å². The van der Waals surface area contributed by atoms with E-state index in [1.165, 1.54) is 193 Å². The van der Waals surface area contributed by atoms with Crippen LogP contribution >= 0.6 is 0 Å². The molecule has 0 bridgehead atoms. The van der Waals surface area contributed by atoms with Crippen LogP contribution in [0.5, 0.6) is 0 Å². The van der Waals surface area contributed by atoms with Gasteiger partial charge in [0.2, 0.25) is 0 Å². The van der Waals surface area contributed by atoms with Crippen molar-refractivity contribution in [2.75, 3.05) is 0 Å². The predicted molar refractivity (Wildman–Crippen MR) is 390 cm³/mol. The van der Waals surface area contributed by atoms with Crippen molar-refractivity contribution in [3.8, 4) is 44.5 Å². The maximum atomic E-state index is 3.00. The summed E-state index contributed by atoms with van der Waals surface area (Å²) in [6, 6.07) is 94.5. The van der Waals surface area contributed by atoms with Crippen LogP contribution < -0.4 is 24.8 Å². The quantitative estimate of drug-likeness (QED) is 0.0946. The largest absolute Gasteiger partial charge is 1.00 e. The summed E-state index contributed by atoms with van der Waals surface area (Å²) in [4.78, 5) is 0. The molecule has 0 saturated heterocycles. The summed E-state index contributed by atoms with van der Waals surface area (Å²) in [6.07, 6.45) is 18.6. The van der Waals surface area contributed by atoms with E-state index in [1.807, 2.05) is 0 Å². The Balaban J connectivity index is 0.00000337. The maximum absolute atomic E-state index is 4.82. The molecule has 0 amide bonds. The summed E-state index contributed by atoms with van der Waals surface area (Å²) in [5.41, 5.74) is 20.7. The van der Waals surface area contributed by atoms with Crippen LogP contribution in [0, 0.1) is 11.8 Å². The molecule has 2 unspecified atom stereocenters. The van der Waals surface area contributed by atoms with Crippen molar-refractivity contribution in [3.63, 3.8) is 0 Å². The molecule has 14 aromatic carbocycles. The second-order valence-corrected chi connectivity index (χ2v) is 59.2. The number of hydrogen-bond donors (Lipinski definition) is 0. The van der Waals surface area contributed by atoms with Crippen molar-refractivity contribution >= 4 is 105 Å². The topological polar surface area (TPSA) is 0 Å². The third-order valence-electron chi connectivity index (χ3n) is 22.6. The van der Waals surface area contributed by atoms with Gasteiger partial charge in [0, 0.05) is 0 Å². The molecule has 450 valence electrons. The number of rotatable bonds is 10. The van der Waals surface area contributed by atoms with E-state index < -0.39 is 17.4 Å². The molecule has 14 aromatic rings. The fourth-order valence-electron chi connectivity index (χ4n) is 19.0. The third-order valence-corrected chi connectivity index (χ3v) is 40.0. The maximum Gasteiger partial charge on any atom is -1.00 e. The molecule has 0 heterocycles. The minimum atomic E-state index is -4.82. The van der Waals surface area contributed by atoms with Crippen molar-refractivity contribution in [1.29, 1.82) is 0 Å². The summed E-state index contributed by atoms with van der Waals surface area (Å²) < 4.78 is 6.49. The van der Waals surface area contributed by atoms with E-state index in [1.54, 1.807) is 22.3 Å². The summed E-state index contributed by atoms with van der Waals surface area (Å²) >= 11 is -4.82. The average molecular weight is 1320 g/mol. The molecule has 0 radical (unpaired) electrons. The molecule has 2 saturated carbocycles. The summed E-state index contributed by atoms with van der Waals surface area (Å²) in [6.45, 7) is 2.61. The molecule has 2 atom stereocenters. The number of hydrogen-bond acceptors (Lipinski definition) is 0. The van der Waals surface area contributed by atoms with Crippen LogP contribution in [-0.4, -0.2) is 6.88 Å². The molecular weight excluding hydrogens is 1250 g/mol. The van der Waals surface area contributed by atoms with Gasteiger partial charge in [0.25, 0.3) is 0 Å². The van der Waals surface area contributed by atoms with Gasteiger partial charge in [-0.3, -0.25) is 0 Å². The van der Waals surface area contributed by atoms with E-state index in [9.17, 15) is 0 Å². The molecule has 0 nitrogen and oxygen atoms in total. The van der Waals surface area contributed by atoms with E-state index in [-0.39, 0.29) is 32.1 Å². The van der Waals surface area contributed by atoms with Crippen molar-refractivity contribution in [3.05, 3.63) is 276 Å². The Hall–Kier alpha value is -7.68. The Bertz CT molecular complexity index is 4960. The Morgan fingerprint density at radius 1 is 0.304 bits per heavy atom. The first-order chi connectivity index (χ1) is 44.2. The third kappa shape index (κ3) is 9.43. The fourth-order valence-corrected chi connectivity index (χ4v) is 38.5. The van der Waals surface area contributed by atoms with E-state index >= 15 is 0 Å². The van der Waals surface area contributed by atoms with E-state index in [0.29, 0.717) is 11.8 Å². The van der Waals surface area contributed by atoms with Gasteiger partial charge in [-0.2, -0.15) is 0 Å². The zero-order chi connectivity index (χ0) is 59.8. The van der Waals surface area contributed by atoms with Crippen LogP contribution in [0.4, 0.5) is 0 Å². The first-order valence-corrected chi connectivity index (χ1v) is 47.3. The number of halogens is 2. The number of benzene rings is 14. The van der Waals surface area contributed by atoms with Gasteiger partial charge in [0.05, 0.1) is 0 Å². The van der Waals surface area contributed by atoms with Crippen molar-refractivity contribution in [2.24, 2.45) is 11.8 Å². The van der Waals surface area contributed by atoms with E-state index in [2.05, 4.69) is 271 Å². The van der Waals surface area contributed by atoms with Crippen molar-refractivity contribution < 1.29 is 42.2 Å². The molecule has 0 aliphatic heterocycles. The van der Waals surface area contributed by atoms with Crippen molar-refractivity contribution in [1.82, 2.24) is 0 Å². The minimum absolute atomic E-state index is 0. The van der Waals surface area contributed by atoms with Gasteiger partial charge in [-0.25, -0.2) is 0 Å². The Morgan fingerprint density at radius 3 is 0.772 bits per heavy atom. The van der Waals surface area contributed by atoms with Gasteiger partial charge in [0.1, 0.15) is 0 Å². The van der Waals surface area contributed by atoms with Crippen molar-refractivity contribution in [2.45, 2.75) is 80.7 Å². The summed E-state index contributed by atoms with van der Waals surface area (Å²) in [5, 5.41) is 21.1. The number of fused-ring (bicyclic) bond motifs is 10. The molecule has 0 aromatic heterocycles. The van der Waals surface area contributed by atoms with E-state index in [0.717, 1.165) is 12.8 Å². The minimum Gasteiger partial charge on any atom is -1.00 e. The molecule has 2 fully saturated rings. The smallest absolute Gasteiger partial charge is 1.00 e. The van der Waals surface area contributed by atoms with Gasteiger partial charge < -0.3 is 24.8 Å². The Morgan fingerprint density at radius 2 is 0.522 bits per heavy atom. The van der Waals surface area contributed by atoms with Gasteiger partial charge in [-0.1, -0.05) is 0 Å². The Kier molecular flexibility index (Phi) is 14.9. The molecule has 92 heavy (non-hydrogen) atoms. The second kappa shape index (κ2) is 23.1. The second-order valence-electron chi connectivity index (χ2n) is 28.7. The summed E-state index contributed by atoms with van der Waals surface area (Å²) in [7, 11) is 0. The van der Waals surface area contributed by atoms with Crippen LogP contribution in [0.25, 0.3) is 143 Å². The number of allylic oxidation sites excluding steroid dienone is 2.